The quantitative estimate of drug-likeness (QED) is 0.749. The highest BCUT2D eigenvalue weighted by Crippen LogP contribution is 2.43. The van der Waals surface area contributed by atoms with Crippen molar-refractivity contribution in [2.45, 2.75) is 19.1 Å². The molecule has 0 saturated carbocycles. The zero-order valence-electron chi connectivity index (χ0n) is 9.23. The van der Waals surface area contributed by atoms with E-state index in [0.717, 1.165) is 0 Å². The molecule has 2 N–H and O–H groups in total. The molecule has 2 atom stereocenters. The fourth-order valence-electron chi connectivity index (χ4n) is 1.81. The van der Waals surface area contributed by atoms with Gasteiger partial charge in [-0.2, -0.15) is 0 Å². The van der Waals surface area contributed by atoms with E-state index in [1.807, 2.05) is 0 Å². The SMILES string of the molecule is COc1cc(O)c2c(c1Cl)[C@H](O)[C@@H](C)OC2=O. The number of carbonyl (C=O) groups is 1. The Morgan fingerprint density at radius 1 is 1.53 bits per heavy atom. The topological polar surface area (TPSA) is 76.0 Å². The van der Waals surface area contributed by atoms with E-state index >= 15 is 0 Å². The van der Waals surface area contributed by atoms with Crippen LogP contribution >= 0.6 is 11.6 Å². The minimum atomic E-state index is -1.09. The number of benzene rings is 1. The molecule has 1 aromatic rings. The Balaban J connectivity index is 2.73. The number of esters is 1. The number of ether oxygens (including phenoxy) is 2. The summed E-state index contributed by atoms with van der Waals surface area (Å²) in [6.07, 6.45) is -1.81. The van der Waals surface area contributed by atoms with Crippen LogP contribution in [0.15, 0.2) is 6.07 Å². The third-order valence-corrected chi connectivity index (χ3v) is 3.09. The third-order valence-electron chi connectivity index (χ3n) is 2.70. The second-order valence-corrected chi connectivity index (χ2v) is 4.13. The molecule has 0 unspecified atom stereocenters. The molecule has 0 aliphatic carbocycles. The minimum absolute atomic E-state index is 0.108. The molecule has 6 heteroatoms. The Morgan fingerprint density at radius 2 is 2.18 bits per heavy atom. The number of halogens is 1. The Bertz CT molecular complexity index is 485. The number of phenols is 1. The molecule has 1 heterocycles. The van der Waals surface area contributed by atoms with Gasteiger partial charge in [-0.15, -0.1) is 0 Å². The molecule has 0 aromatic heterocycles. The molecule has 1 aliphatic rings. The first-order chi connectivity index (χ1) is 7.97. The second kappa shape index (κ2) is 4.09. The van der Waals surface area contributed by atoms with E-state index in [-0.39, 0.29) is 27.6 Å². The van der Waals surface area contributed by atoms with Crippen molar-refractivity contribution in [3.8, 4) is 11.5 Å². The highest BCUT2D eigenvalue weighted by molar-refractivity contribution is 6.33. The van der Waals surface area contributed by atoms with Gasteiger partial charge in [0, 0.05) is 11.6 Å². The molecule has 0 saturated heterocycles. The molecule has 0 amide bonds. The van der Waals surface area contributed by atoms with Crippen molar-refractivity contribution in [2.24, 2.45) is 0 Å². The summed E-state index contributed by atoms with van der Waals surface area (Å²) >= 11 is 6.02. The summed E-state index contributed by atoms with van der Waals surface area (Å²) in [6, 6.07) is 1.21. The van der Waals surface area contributed by atoms with Gasteiger partial charge in [0.15, 0.2) is 0 Å². The van der Waals surface area contributed by atoms with Crippen LogP contribution in [0.5, 0.6) is 11.5 Å². The molecule has 2 rings (SSSR count). The minimum Gasteiger partial charge on any atom is -0.507 e. The lowest BCUT2D eigenvalue weighted by Gasteiger charge is -2.28. The lowest BCUT2D eigenvalue weighted by molar-refractivity contribution is -0.0217. The van der Waals surface area contributed by atoms with E-state index < -0.39 is 18.2 Å². The van der Waals surface area contributed by atoms with E-state index in [2.05, 4.69) is 0 Å². The van der Waals surface area contributed by atoms with Gasteiger partial charge in [0.05, 0.1) is 12.1 Å². The number of hydrogen-bond acceptors (Lipinski definition) is 5. The molecule has 0 spiro atoms. The summed E-state index contributed by atoms with van der Waals surface area (Å²) in [5.74, 6) is -0.832. The Labute approximate surface area is 103 Å². The van der Waals surface area contributed by atoms with E-state index in [1.165, 1.54) is 13.2 Å². The number of rotatable bonds is 1. The molecule has 1 aromatic carbocycles. The van der Waals surface area contributed by atoms with Gasteiger partial charge in [-0.3, -0.25) is 0 Å². The first-order valence-corrected chi connectivity index (χ1v) is 5.33. The Hall–Kier alpha value is -1.46. The van der Waals surface area contributed by atoms with Crippen LogP contribution in [0.4, 0.5) is 0 Å². The van der Waals surface area contributed by atoms with Gasteiger partial charge in [-0.05, 0) is 6.92 Å². The molecule has 17 heavy (non-hydrogen) atoms. The summed E-state index contributed by atoms with van der Waals surface area (Å²) in [5.41, 5.74) is 0.0358. The van der Waals surface area contributed by atoms with Gasteiger partial charge in [-0.1, -0.05) is 11.6 Å². The Kier molecular flexibility index (Phi) is 2.89. The number of carbonyl (C=O) groups excluding carboxylic acids is 1. The smallest absolute Gasteiger partial charge is 0.342 e. The normalized spacial score (nSPS) is 22.9. The predicted octanol–water partition coefficient (Wildman–Crippen LogP) is 1.65. The van der Waals surface area contributed by atoms with Crippen LogP contribution < -0.4 is 4.74 Å². The fourth-order valence-corrected chi connectivity index (χ4v) is 2.15. The van der Waals surface area contributed by atoms with Crippen molar-refractivity contribution in [1.82, 2.24) is 0 Å². The zero-order valence-corrected chi connectivity index (χ0v) is 9.99. The monoisotopic (exact) mass is 258 g/mol. The molecule has 0 fully saturated rings. The van der Waals surface area contributed by atoms with Crippen LogP contribution in [0.25, 0.3) is 0 Å². The number of hydrogen-bond donors (Lipinski definition) is 2. The average Bonchev–Trinajstić information content (AvgIpc) is 2.28. The second-order valence-electron chi connectivity index (χ2n) is 3.76. The lowest BCUT2D eigenvalue weighted by atomic mass is 9.95. The summed E-state index contributed by atoms with van der Waals surface area (Å²) in [6.45, 7) is 1.54. The van der Waals surface area contributed by atoms with Gasteiger partial charge in [0.25, 0.3) is 0 Å². The van der Waals surface area contributed by atoms with Crippen molar-refractivity contribution in [2.75, 3.05) is 7.11 Å². The summed E-state index contributed by atoms with van der Waals surface area (Å²) in [5, 5.41) is 19.8. The number of cyclic esters (lactones) is 1. The summed E-state index contributed by atoms with van der Waals surface area (Å²) < 4.78 is 9.84. The number of aliphatic hydroxyl groups is 1. The van der Waals surface area contributed by atoms with Crippen LogP contribution in [0.3, 0.4) is 0 Å². The highest BCUT2D eigenvalue weighted by atomic mass is 35.5. The van der Waals surface area contributed by atoms with Crippen LogP contribution in [-0.2, 0) is 4.74 Å². The van der Waals surface area contributed by atoms with Crippen LogP contribution in [0.2, 0.25) is 5.02 Å². The summed E-state index contributed by atoms with van der Waals surface area (Å²) in [4.78, 5) is 11.6. The van der Waals surface area contributed by atoms with Gasteiger partial charge in [-0.25, -0.2) is 4.79 Å². The number of methoxy groups -OCH3 is 1. The Morgan fingerprint density at radius 3 is 2.76 bits per heavy atom. The largest absolute Gasteiger partial charge is 0.507 e. The number of phenolic OH excluding ortho intramolecular Hbond substituents is 1. The molecule has 0 bridgehead atoms. The number of aromatic hydroxyl groups is 1. The molecular weight excluding hydrogens is 248 g/mol. The zero-order chi connectivity index (χ0) is 12.7. The van der Waals surface area contributed by atoms with Crippen LogP contribution in [0, 0.1) is 0 Å². The molecule has 5 nitrogen and oxygen atoms in total. The highest BCUT2D eigenvalue weighted by Gasteiger charge is 2.37. The lowest BCUT2D eigenvalue weighted by Crippen LogP contribution is -2.30. The van der Waals surface area contributed by atoms with Gasteiger partial charge in [0.1, 0.15) is 29.3 Å². The molecule has 0 radical (unpaired) electrons. The summed E-state index contributed by atoms with van der Waals surface area (Å²) in [7, 11) is 1.38. The maximum absolute atomic E-state index is 11.6. The fraction of sp³-hybridized carbons (Fsp3) is 0.364. The molecule has 92 valence electrons. The standard InChI is InChI=1S/C11H11ClO5/c1-4-10(14)8-7(11(15)17-4)5(13)3-6(16-2)9(8)12/h3-4,10,13-14H,1-2H3/t4-,10-/m1/s1. The van der Waals surface area contributed by atoms with Gasteiger partial charge < -0.3 is 19.7 Å². The first kappa shape index (κ1) is 12.0. The van der Waals surface area contributed by atoms with Crippen molar-refractivity contribution in [3.63, 3.8) is 0 Å². The maximum Gasteiger partial charge on any atom is 0.342 e. The van der Waals surface area contributed by atoms with E-state index in [9.17, 15) is 15.0 Å². The van der Waals surface area contributed by atoms with Crippen molar-refractivity contribution >= 4 is 17.6 Å². The van der Waals surface area contributed by atoms with Crippen molar-refractivity contribution < 1.29 is 24.5 Å². The van der Waals surface area contributed by atoms with Crippen molar-refractivity contribution in [3.05, 3.63) is 22.2 Å². The van der Waals surface area contributed by atoms with Gasteiger partial charge in [0.2, 0.25) is 0 Å². The number of aliphatic hydroxyl groups excluding tert-OH is 1. The van der Waals surface area contributed by atoms with E-state index in [4.69, 9.17) is 21.1 Å². The third kappa shape index (κ3) is 1.71. The molecular formula is C11H11ClO5. The van der Waals surface area contributed by atoms with Gasteiger partial charge >= 0.3 is 5.97 Å². The van der Waals surface area contributed by atoms with Crippen molar-refractivity contribution in [1.29, 1.82) is 0 Å². The van der Waals surface area contributed by atoms with Crippen LogP contribution in [0.1, 0.15) is 28.9 Å². The number of fused-ring (bicyclic) bond motifs is 1. The average molecular weight is 259 g/mol. The maximum atomic E-state index is 11.6. The molecule has 1 aliphatic heterocycles. The predicted molar refractivity (Wildman–Crippen MR) is 59.5 cm³/mol. The first-order valence-electron chi connectivity index (χ1n) is 4.95. The van der Waals surface area contributed by atoms with E-state index in [1.54, 1.807) is 6.92 Å². The van der Waals surface area contributed by atoms with Crippen LogP contribution in [-0.4, -0.2) is 29.4 Å². The van der Waals surface area contributed by atoms with E-state index in [0.29, 0.717) is 0 Å².